The van der Waals surface area contributed by atoms with Gasteiger partial charge in [-0.15, -0.1) is 12.6 Å². The van der Waals surface area contributed by atoms with Crippen molar-refractivity contribution in [2.75, 3.05) is 0 Å². The molecule has 0 aliphatic carbocycles. The zero-order chi connectivity index (χ0) is 10.9. The Morgan fingerprint density at radius 3 is 2.21 bits per heavy atom. The first-order valence-electron chi connectivity index (χ1n) is 3.56. The van der Waals surface area contributed by atoms with E-state index in [4.69, 9.17) is 0 Å². The van der Waals surface area contributed by atoms with E-state index < -0.39 is 21.2 Å². The largest absolute Gasteiger partial charge is 0.349 e. The van der Waals surface area contributed by atoms with Gasteiger partial charge in [-0.1, -0.05) is 0 Å². The lowest BCUT2D eigenvalue weighted by Crippen LogP contribution is -1.99. The van der Waals surface area contributed by atoms with E-state index in [1.165, 1.54) is 13.0 Å². The minimum Gasteiger partial charge on any atom is -0.258 e. The number of nitro benzene ring substituents is 2. The number of hydrogen-bond acceptors (Lipinski definition) is 5. The van der Waals surface area contributed by atoms with Gasteiger partial charge in [0, 0.05) is 16.5 Å². The minimum atomic E-state index is -0.779. The molecular formula is C7H6N2O4S. The molecule has 0 heterocycles. The molecule has 0 unspecified atom stereocenters. The van der Waals surface area contributed by atoms with Crippen LogP contribution in [0.2, 0.25) is 0 Å². The van der Waals surface area contributed by atoms with Gasteiger partial charge in [-0.2, -0.15) is 0 Å². The number of rotatable bonds is 2. The first-order chi connectivity index (χ1) is 6.45. The van der Waals surface area contributed by atoms with Crippen LogP contribution in [-0.2, 0) is 0 Å². The highest BCUT2D eigenvalue weighted by Crippen LogP contribution is 2.33. The quantitative estimate of drug-likeness (QED) is 0.464. The van der Waals surface area contributed by atoms with Crippen LogP contribution < -0.4 is 0 Å². The van der Waals surface area contributed by atoms with Crippen molar-refractivity contribution < 1.29 is 9.85 Å². The van der Waals surface area contributed by atoms with Gasteiger partial charge in [0.05, 0.1) is 9.85 Å². The van der Waals surface area contributed by atoms with Crippen LogP contribution in [0.25, 0.3) is 0 Å². The van der Waals surface area contributed by atoms with Gasteiger partial charge in [0.15, 0.2) is 0 Å². The summed E-state index contributed by atoms with van der Waals surface area (Å²) in [7, 11) is 0. The molecule has 0 atom stereocenters. The molecule has 0 spiro atoms. The average Bonchev–Trinajstić information content (AvgIpc) is 2.08. The molecule has 7 heteroatoms. The number of hydrogen-bond donors (Lipinski definition) is 1. The summed E-state index contributed by atoms with van der Waals surface area (Å²) in [4.78, 5) is 19.8. The summed E-state index contributed by atoms with van der Waals surface area (Å²) in [5.74, 6) is 0. The van der Waals surface area contributed by atoms with Crippen LogP contribution in [0.3, 0.4) is 0 Å². The molecule has 0 bridgehead atoms. The first-order valence-corrected chi connectivity index (χ1v) is 4.01. The third-order valence-corrected chi connectivity index (χ3v) is 2.24. The highest BCUT2D eigenvalue weighted by atomic mass is 32.1. The van der Waals surface area contributed by atoms with Crippen molar-refractivity contribution in [3.8, 4) is 0 Å². The van der Waals surface area contributed by atoms with E-state index in [-0.39, 0.29) is 5.56 Å². The first kappa shape index (κ1) is 10.5. The van der Waals surface area contributed by atoms with Gasteiger partial charge in [-0.05, 0) is 13.0 Å². The fourth-order valence-electron chi connectivity index (χ4n) is 1.05. The maximum absolute atomic E-state index is 10.6. The van der Waals surface area contributed by atoms with Crippen molar-refractivity contribution in [3.05, 3.63) is 37.9 Å². The van der Waals surface area contributed by atoms with Crippen LogP contribution in [0.15, 0.2) is 17.0 Å². The molecule has 6 nitrogen and oxygen atoms in total. The number of nitrogens with zero attached hydrogens (tertiary/aromatic N) is 2. The van der Waals surface area contributed by atoms with Crippen molar-refractivity contribution in [2.45, 2.75) is 11.8 Å². The van der Waals surface area contributed by atoms with Gasteiger partial charge in [0.25, 0.3) is 0 Å². The van der Waals surface area contributed by atoms with E-state index in [1.54, 1.807) is 0 Å². The molecule has 0 aromatic heterocycles. The van der Waals surface area contributed by atoms with Crippen LogP contribution in [0, 0.1) is 27.2 Å². The SMILES string of the molecule is Cc1c(S)ccc([N+](=O)[O-])c1[N+](=O)[O-]. The van der Waals surface area contributed by atoms with Gasteiger partial charge in [0.2, 0.25) is 0 Å². The van der Waals surface area contributed by atoms with Crippen molar-refractivity contribution in [2.24, 2.45) is 0 Å². The molecule has 0 radical (unpaired) electrons. The molecule has 1 aromatic rings. The third kappa shape index (κ3) is 1.67. The van der Waals surface area contributed by atoms with E-state index in [2.05, 4.69) is 12.6 Å². The normalized spacial score (nSPS) is 9.86. The fourth-order valence-corrected chi connectivity index (χ4v) is 1.23. The van der Waals surface area contributed by atoms with E-state index in [9.17, 15) is 20.2 Å². The van der Waals surface area contributed by atoms with E-state index in [1.807, 2.05) is 0 Å². The van der Waals surface area contributed by atoms with E-state index in [0.29, 0.717) is 4.90 Å². The Morgan fingerprint density at radius 2 is 1.79 bits per heavy atom. The molecule has 74 valence electrons. The van der Waals surface area contributed by atoms with Gasteiger partial charge in [0.1, 0.15) is 0 Å². The summed E-state index contributed by atoms with van der Waals surface area (Å²) in [6, 6.07) is 2.44. The van der Waals surface area contributed by atoms with E-state index in [0.717, 1.165) is 6.07 Å². The Morgan fingerprint density at radius 1 is 1.21 bits per heavy atom. The smallest absolute Gasteiger partial charge is 0.258 e. The van der Waals surface area contributed by atoms with Gasteiger partial charge >= 0.3 is 11.4 Å². The topological polar surface area (TPSA) is 86.3 Å². The summed E-state index contributed by atoms with van der Waals surface area (Å²) in [5.41, 5.74) is -0.805. The van der Waals surface area contributed by atoms with Crippen molar-refractivity contribution in [1.82, 2.24) is 0 Å². The second-order valence-corrected chi connectivity index (χ2v) is 3.07. The Balaban J connectivity index is 3.53. The molecule has 0 fully saturated rings. The Bertz CT molecular complexity index is 418. The Labute approximate surface area is 84.3 Å². The third-order valence-electron chi connectivity index (χ3n) is 1.76. The standard InChI is InChI=1S/C7H6N2O4S/c1-4-6(14)3-2-5(8(10)11)7(4)9(12)13/h2-3,14H,1H3. The summed E-state index contributed by atoms with van der Waals surface area (Å²) in [6.45, 7) is 1.42. The van der Waals surface area contributed by atoms with Gasteiger partial charge < -0.3 is 0 Å². The van der Waals surface area contributed by atoms with Gasteiger partial charge in [-0.3, -0.25) is 20.2 Å². The minimum absolute atomic E-state index is 0.201. The Hall–Kier alpha value is -1.63. The van der Waals surface area contributed by atoms with Crippen molar-refractivity contribution >= 4 is 24.0 Å². The summed E-state index contributed by atoms with van der Waals surface area (Å²) in [6.07, 6.45) is 0. The molecular weight excluding hydrogens is 208 g/mol. The molecule has 0 aliphatic rings. The monoisotopic (exact) mass is 214 g/mol. The van der Waals surface area contributed by atoms with Crippen LogP contribution in [-0.4, -0.2) is 9.85 Å². The molecule has 1 aromatic carbocycles. The van der Waals surface area contributed by atoms with Crippen molar-refractivity contribution in [3.63, 3.8) is 0 Å². The van der Waals surface area contributed by atoms with E-state index >= 15 is 0 Å². The number of nitro groups is 2. The predicted molar refractivity (Wildman–Crippen MR) is 51.7 cm³/mol. The average molecular weight is 214 g/mol. The van der Waals surface area contributed by atoms with Crippen LogP contribution >= 0.6 is 12.6 Å². The molecule has 0 amide bonds. The zero-order valence-electron chi connectivity index (χ0n) is 7.13. The van der Waals surface area contributed by atoms with Crippen LogP contribution in [0.1, 0.15) is 5.56 Å². The van der Waals surface area contributed by atoms with Crippen LogP contribution in [0.4, 0.5) is 11.4 Å². The maximum Gasteiger partial charge on any atom is 0.349 e. The van der Waals surface area contributed by atoms with Crippen LogP contribution in [0.5, 0.6) is 0 Å². The highest BCUT2D eigenvalue weighted by Gasteiger charge is 2.27. The van der Waals surface area contributed by atoms with Crippen molar-refractivity contribution in [1.29, 1.82) is 0 Å². The molecule has 1 rings (SSSR count). The predicted octanol–water partition coefficient (Wildman–Crippen LogP) is 2.10. The lowest BCUT2D eigenvalue weighted by atomic mass is 10.2. The number of thiol groups is 1. The Kier molecular flexibility index (Phi) is 2.70. The molecule has 0 N–H and O–H groups in total. The summed E-state index contributed by atoms with van der Waals surface area (Å²) >= 11 is 3.95. The maximum atomic E-state index is 10.6. The van der Waals surface area contributed by atoms with Gasteiger partial charge in [-0.25, -0.2) is 0 Å². The molecule has 0 aliphatic heterocycles. The second-order valence-electron chi connectivity index (χ2n) is 2.59. The lowest BCUT2D eigenvalue weighted by Gasteiger charge is -2.00. The second kappa shape index (κ2) is 3.62. The fraction of sp³-hybridized carbons (Fsp3) is 0.143. The zero-order valence-corrected chi connectivity index (χ0v) is 8.02. The lowest BCUT2D eigenvalue weighted by molar-refractivity contribution is -0.423. The molecule has 0 saturated carbocycles. The molecule has 14 heavy (non-hydrogen) atoms. The summed E-state index contributed by atoms with van der Waals surface area (Å²) < 4.78 is 0. The summed E-state index contributed by atoms with van der Waals surface area (Å²) in [5, 5.41) is 21.0. The number of benzene rings is 1. The highest BCUT2D eigenvalue weighted by molar-refractivity contribution is 7.80. The molecule has 0 saturated heterocycles.